The van der Waals surface area contributed by atoms with Gasteiger partial charge in [-0.2, -0.15) is 0 Å². The summed E-state index contributed by atoms with van der Waals surface area (Å²) in [6, 6.07) is 37.9. The number of benzene rings is 5. The van der Waals surface area contributed by atoms with Crippen molar-refractivity contribution in [3.05, 3.63) is 176 Å². The first-order valence-electron chi connectivity index (χ1n) is 41.6. The molecule has 0 fully saturated rings. The molecule has 5 rings (SSSR count). The van der Waals surface area contributed by atoms with E-state index in [9.17, 15) is 0 Å². The maximum absolute atomic E-state index is 7.39. The van der Waals surface area contributed by atoms with Gasteiger partial charge in [0, 0.05) is 53.5 Å². The first-order chi connectivity index (χ1) is 46.5. The second-order valence-corrected chi connectivity index (χ2v) is 15.5. The highest BCUT2D eigenvalue weighted by Crippen LogP contribution is 2.17. The van der Waals surface area contributed by atoms with E-state index in [1.807, 2.05) is 18.2 Å². The van der Waals surface area contributed by atoms with Gasteiger partial charge in [-0.1, -0.05) is 273 Å². The highest BCUT2D eigenvalue weighted by molar-refractivity contribution is 5.36. The molecule has 0 aliphatic heterocycles. The molecule has 0 saturated carbocycles. The molecule has 0 spiro atoms. The third-order valence-corrected chi connectivity index (χ3v) is 9.04. The van der Waals surface area contributed by atoms with E-state index in [1.165, 1.54) is 80.6 Å². The van der Waals surface area contributed by atoms with Crippen molar-refractivity contribution in [3.63, 3.8) is 0 Å². The molecule has 0 unspecified atom stereocenters. The first-order valence-corrected chi connectivity index (χ1v) is 22.1. The summed E-state index contributed by atoms with van der Waals surface area (Å²) in [5.41, 5.74) is 10.4. The Morgan fingerprint density at radius 1 is 0.418 bits per heavy atom. The van der Waals surface area contributed by atoms with Crippen LogP contribution in [0.4, 0.5) is 0 Å². The Morgan fingerprint density at radius 2 is 0.776 bits per heavy atom. The summed E-state index contributed by atoms with van der Waals surface area (Å²) in [6.45, 7) is -1.85. The molecule has 0 aliphatic carbocycles. The fourth-order valence-corrected chi connectivity index (χ4v) is 3.98. The van der Waals surface area contributed by atoms with E-state index in [0.717, 1.165) is 6.92 Å². The topological polar surface area (TPSA) is 0 Å². The summed E-state index contributed by atoms with van der Waals surface area (Å²) in [7, 11) is 0. The Kier molecular flexibility index (Phi) is 16.7. The van der Waals surface area contributed by atoms with E-state index < -0.39 is 117 Å². The van der Waals surface area contributed by atoms with Crippen molar-refractivity contribution >= 4 is 0 Å². The monoisotopic (exact) mass is 958 g/mol. The van der Waals surface area contributed by atoms with Crippen LogP contribution in [0.15, 0.2) is 109 Å². The standard InChI is InChI=1S/C10H14.C9H12.2C8H10.C7H8.2C6H14.2C5H12.C3H8/c1-7-5-8(2)10(4)9(3)6-7;1-7-5-4-6-8(2)9(7)3;1-7-3-5-8(2)6-4-7;1-7-5-3-4-6-8(7)2;1-7-5-3-2-4-6-7;2*1-5-6(2,3)4;2*1-4-5(2)3;1-3-2/h5-6H,1-4H3;4-6H,1-3H3;2*3-6H,1-2H3;2-6H,1H3;2*5H2,1-4H3;2*5H,4H2,1-3H3;3H2,1-2H3/i;;;;;2D3,3D3,4D3,5D2;2D3,3D3,4D3;2D3,3D3,4D2,5D;2D3,3D3,5D;1D3. The lowest BCUT2D eigenvalue weighted by Crippen LogP contribution is -2.00. The molecule has 0 aromatic heterocycles. The van der Waals surface area contributed by atoms with Gasteiger partial charge in [0.15, 0.2) is 0 Å². The van der Waals surface area contributed by atoms with Gasteiger partial charge in [0.05, 0.1) is 0 Å². The number of aryl methyl sites for hydroxylation is 10. The average molecular weight is 959 g/mol. The Hall–Kier alpha value is -3.90. The van der Waals surface area contributed by atoms with Crippen molar-refractivity contribution in [2.45, 2.75) is 225 Å². The summed E-state index contributed by atoms with van der Waals surface area (Å²) in [5.74, 6) is -5.44. The minimum atomic E-state index is -3.48. The fourth-order valence-electron chi connectivity index (χ4n) is 3.98. The summed E-state index contributed by atoms with van der Waals surface area (Å²) >= 11 is 0. The third-order valence-electron chi connectivity index (χ3n) is 9.04. The van der Waals surface area contributed by atoms with Gasteiger partial charge in [0.2, 0.25) is 0 Å². The van der Waals surface area contributed by atoms with E-state index in [4.69, 9.17) is 53.5 Å². The molecule has 0 nitrogen and oxygen atoms in total. The lowest BCUT2D eigenvalue weighted by atomic mass is 9.94. The van der Waals surface area contributed by atoms with Crippen LogP contribution < -0.4 is 0 Å². The largest absolute Gasteiger partial charge is 0.0656 e. The smallest absolute Gasteiger partial charge is 0.0297 e. The molecule has 5 aromatic rings. The van der Waals surface area contributed by atoms with Gasteiger partial charge in [-0.3, -0.25) is 0 Å². The van der Waals surface area contributed by atoms with Crippen molar-refractivity contribution in [1.29, 1.82) is 0 Å². The number of rotatable bonds is 2. The fraction of sp³-hybridized carbons (Fsp3) is 0.552. The van der Waals surface area contributed by atoms with Crippen molar-refractivity contribution in [2.75, 3.05) is 0 Å². The molecule has 0 bridgehead atoms. The molecule has 0 heterocycles. The van der Waals surface area contributed by atoms with Crippen molar-refractivity contribution in [2.24, 2.45) is 22.6 Å². The van der Waals surface area contributed by atoms with E-state index in [1.54, 1.807) is 6.92 Å². The van der Waals surface area contributed by atoms with Gasteiger partial charge in [-0.25, -0.2) is 0 Å². The van der Waals surface area contributed by atoms with Gasteiger partial charge in [0.25, 0.3) is 0 Å². The summed E-state index contributed by atoms with van der Waals surface area (Å²) in [6.07, 6.45) is -5.94. The Balaban J connectivity index is -0.000000361. The molecular weight excluding hydrogens is 805 g/mol. The predicted octanol–water partition coefficient (Wildman–Crippen LogP) is 22.5. The van der Waals surface area contributed by atoms with Crippen LogP contribution in [0.5, 0.6) is 0 Å². The Bertz CT molecular complexity index is 3040. The highest BCUT2D eigenvalue weighted by Gasteiger charge is 2.04. The van der Waals surface area contributed by atoms with Crippen LogP contribution in [0.25, 0.3) is 0 Å². The van der Waals surface area contributed by atoms with Gasteiger partial charge in [-0.15, -0.1) is 0 Å². The van der Waals surface area contributed by atoms with E-state index in [2.05, 4.69) is 174 Å². The van der Waals surface area contributed by atoms with Crippen LogP contribution in [-0.4, -0.2) is 0 Å². The van der Waals surface area contributed by atoms with E-state index in [0.29, 0.717) is 6.92 Å². The minimum absolute atomic E-state index is 0.208. The summed E-state index contributed by atoms with van der Waals surface area (Å²) in [5, 5.41) is 0. The van der Waals surface area contributed by atoms with E-state index in [-0.39, 0.29) is 12.8 Å². The molecule has 5 aromatic carbocycles. The SMILES string of the molecule is Cc1cc(C)c(C)c(C)c1.Cc1ccc(C)cc1.Cc1cccc(C)c1C.Cc1ccccc1.Cc1ccccc1C.[2H]C([2H])([2H])C(C([2H])([2H])[2H])(C([2H])([2H])[2H])C([2H])([2H])C.[2H]C([2H])([2H])C(CC)(C([2H])([2H])[2H])C([2H])([2H])[2H].[2H]C([2H])([2H])C([2H])(C([2H])([2H])[2H])C([2H])([2H])C.[2H]C([2H])([2H])C([2H])(CC)C([2H])([2H])[2H].[2H]C([2H])([2H])CC. The zero-order valence-electron chi connectivity index (χ0n) is 83.0. The van der Waals surface area contributed by atoms with Crippen LogP contribution >= 0.6 is 0 Å². The number of hydrogen-bond donors (Lipinski definition) is 0. The lowest BCUT2D eigenvalue weighted by molar-refractivity contribution is 0.397. The predicted molar refractivity (Wildman–Crippen MR) is 315 cm³/mol. The molecule has 0 radical (unpaired) electrons. The van der Waals surface area contributed by atoms with Crippen molar-refractivity contribution < 1.29 is 53.5 Å². The quantitative estimate of drug-likeness (QED) is 0.165. The van der Waals surface area contributed by atoms with Crippen LogP contribution in [0.1, 0.15) is 262 Å². The van der Waals surface area contributed by atoms with Gasteiger partial charge < -0.3 is 0 Å². The van der Waals surface area contributed by atoms with Crippen LogP contribution in [0.2, 0.25) is 0 Å². The molecule has 0 N–H and O–H groups in total. The first kappa shape index (κ1) is 25.8. The van der Waals surface area contributed by atoms with Crippen molar-refractivity contribution in [1.82, 2.24) is 0 Å². The second-order valence-electron chi connectivity index (χ2n) is 15.5. The van der Waals surface area contributed by atoms with Crippen LogP contribution in [-0.2, 0) is 0 Å². The minimum Gasteiger partial charge on any atom is -0.0656 e. The third kappa shape index (κ3) is 52.9. The summed E-state index contributed by atoms with van der Waals surface area (Å²) in [4.78, 5) is 0. The Labute approximate surface area is 477 Å². The zero-order valence-corrected chi connectivity index (χ0v) is 44.0. The van der Waals surface area contributed by atoms with Crippen molar-refractivity contribution in [3.8, 4) is 0 Å². The van der Waals surface area contributed by atoms with Gasteiger partial charge >= 0.3 is 0 Å². The highest BCUT2D eigenvalue weighted by atomic mass is 14.1. The zero-order chi connectivity index (χ0) is 86.3. The van der Waals surface area contributed by atoms with Crippen LogP contribution in [0, 0.1) is 106 Å². The second kappa shape index (κ2) is 43.4. The molecule has 0 aliphatic rings. The molecule has 382 valence electrons. The average Bonchev–Trinajstić information content (AvgIpc) is 0.719. The molecule has 0 heteroatoms. The summed E-state index contributed by atoms with van der Waals surface area (Å²) < 4.78 is 276. The lowest BCUT2D eigenvalue weighted by Gasteiger charge is -2.12. The van der Waals surface area contributed by atoms with Gasteiger partial charge in [0.1, 0.15) is 0 Å². The molecule has 0 saturated heterocycles. The molecule has 0 atom stereocenters. The molecular formula is C67H114. The molecule has 67 heavy (non-hydrogen) atoms. The normalized spacial score (nSPS) is 21.2. The number of hydrogen-bond acceptors (Lipinski definition) is 0. The van der Waals surface area contributed by atoms with Crippen LogP contribution in [0.3, 0.4) is 0 Å². The van der Waals surface area contributed by atoms with E-state index >= 15 is 0 Å². The maximum Gasteiger partial charge on any atom is 0.0297 e. The van der Waals surface area contributed by atoms with Gasteiger partial charge in [-0.05, 0) is 150 Å². The maximum atomic E-state index is 7.39. The Morgan fingerprint density at radius 3 is 0.970 bits per heavy atom. The molecule has 0 amide bonds.